The number of carbonyl (C=O) groups excluding carboxylic acids is 1. The number of nitrogens with zero attached hydrogens (tertiary/aromatic N) is 1. The molecule has 1 amide bonds. The predicted octanol–water partition coefficient (Wildman–Crippen LogP) is 1.81. The molecule has 2 rings (SSSR count). The highest BCUT2D eigenvalue weighted by Gasteiger charge is 2.26. The van der Waals surface area contributed by atoms with Crippen molar-refractivity contribution < 1.29 is 4.79 Å². The van der Waals surface area contributed by atoms with Gasteiger partial charge < -0.3 is 10.2 Å². The summed E-state index contributed by atoms with van der Waals surface area (Å²) in [5, 5.41) is 3.31. The first kappa shape index (κ1) is 13.8. The molecular weight excluding hydrogens is 224 g/mol. The summed E-state index contributed by atoms with van der Waals surface area (Å²) in [6.07, 6.45) is 7.39. The molecule has 1 saturated carbocycles. The number of nitrogens with one attached hydrogen (secondary N) is 1. The van der Waals surface area contributed by atoms with Gasteiger partial charge in [-0.15, -0.1) is 12.4 Å². The van der Waals surface area contributed by atoms with Gasteiger partial charge >= 0.3 is 0 Å². The number of piperidine rings is 1. The molecule has 0 aromatic heterocycles. The van der Waals surface area contributed by atoms with E-state index in [2.05, 4.69) is 5.32 Å². The van der Waals surface area contributed by atoms with E-state index in [1.165, 1.54) is 32.1 Å². The third-order valence-electron chi connectivity index (χ3n) is 3.55. The van der Waals surface area contributed by atoms with Gasteiger partial charge in [0.05, 0.1) is 6.04 Å². The molecule has 0 spiro atoms. The minimum Gasteiger partial charge on any atom is -0.344 e. The highest BCUT2D eigenvalue weighted by molar-refractivity contribution is 5.85. The zero-order valence-corrected chi connectivity index (χ0v) is 10.9. The summed E-state index contributed by atoms with van der Waals surface area (Å²) in [4.78, 5) is 13.9. The van der Waals surface area contributed by atoms with Gasteiger partial charge in [-0.1, -0.05) is 19.3 Å². The molecule has 1 N–H and O–H groups in total. The van der Waals surface area contributed by atoms with Crippen LogP contribution in [0, 0.1) is 5.92 Å². The maximum absolute atomic E-state index is 12.0. The van der Waals surface area contributed by atoms with Crippen LogP contribution < -0.4 is 5.32 Å². The Morgan fingerprint density at radius 3 is 2.62 bits per heavy atom. The summed E-state index contributed by atoms with van der Waals surface area (Å²) in [6.45, 7) is 1.95. The number of rotatable bonds is 4. The molecule has 1 heterocycles. The molecule has 2 fully saturated rings. The van der Waals surface area contributed by atoms with Crippen molar-refractivity contribution in [2.24, 2.45) is 5.92 Å². The van der Waals surface area contributed by atoms with Crippen LogP contribution in [0.25, 0.3) is 0 Å². The first-order chi connectivity index (χ1) is 7.27. The Kier molecular flexibility index (Phi) is 5.56. The molecule has 0 aromatic carbocycles. The van der Waals surface area contributed by atoms with Crippen LogP contribution in [0.1, 0.15) is 38.5 Å². The molecule has 0 unspecified atom stereocenters. The predicted molar refractivity (Wildman–Crippen MR) is 67.9 cm³/mol. The van der Waals surface area contributed by atoms with Crippen LogP contribution in [0.3, 0.4) is 0 Å². The molecular formula is C12H23ClN2O. The van der Waals surface area contributed by atoms with Gasteiger partial charge in [-0.25, -0.2) is 0 Å². The number of carbonyl (C=O) groups is 1. The molecule has 16 heavy (non-hydrogen) atoms. The third-order valence-corrected chi connectivity index (χ3v) is 3.55. The van der Waals surface area contributed by atoms with Crippen LogP contribution in [0.4, 0.5) is 0 Å². The average Bonchev–Trinajstić information content (AvgIpc) is 3.10. The van der Waals surface area contributed by atoms with E-state index in [-0.39, 0.29) is 18.4 Å². The Morgan fingerprint density at radius 1 is 1.31 bits per heavy atom. The topological polar surface area (TPSA) is 32.3 Å². The number of hydrogen-bond acceptors (Lipinski definition) is 2. The third kappa shape index (κ3) is 3.95. The lowest BCUT2D eigenvalue weighted by atomic mass is 10.0. The normalized spacial score (nSPS) is 24.7. The Hall–Kier alpha value is -0.280. The number of amides is 1. The number of halogens is 1. The lowest BCUT2D eigenvalue weighted by Gasteiger charge is -2.27. The zero-order chi connectivity index (χ0) is 10.7. The maximum Gasteiger partial charge on any atom is 0.239 e. The fraction of sp³-hybridized carbons (Fsp3) is 0.917. The first-order valence-corrected chi connectivity index (χ1v) is 6.26. The van der Waals surface area contributed by atoms with Gasteiger partial charge in [-0.05, 0) is 31.7 Å². The summed E-state index contributed by atoms with van der Waals surface area (Å²) in [6, 6.07) is 0.1000. The largest absolute Gasteiger partial charge is 0.344 e. The second kappa shape index (κ2) is 6.45. The molecule has 1 saturated heterocycles. The highest BCUT2D eigenvalue weighted by Crippen LogP contribution is 2.32. The molecule has 3 nitrogen and oxygen atoms in total. The van der Waals surface area contributed by atoms with Gasteiger partial charge in [0.2, 0.25) is 5.91 Å². The van der Waals surface area contributed by atoms with Crippen LogP contribution in [0.15, 0.2) is 0 Å². The maximum atomic E-state index is 12.0. The van der Waals surface area contributed by atoms with Crippen molar-refractivity contribution in [3.05, 3.63) is 0 Å². The van der Waals surface area contributed by atoms with Gasteiger partial charge in [-0.3, -0.25) is 4.79 Å². The van der Waals surface area contributed by atoms with Gasteiger partial charge in [-0.2, -0.15) is 0 Å². The van der Waals surface area contributed by atoms with Gasteiger partial charge in [0.15, 0.2) is 0 Å². The lowest BCUT2D eigenvalue weighted by Crippen LogP contribution is -2.47. The van der Waals surface area contributed by atoms with Crippen molar-refractivity contribution in [3.63, 3.8) is 0 Å². The van der Waals surface area contributed by atoms with E-state index in [4.69, 9.17) is 0 Å². The molecule has 1 atom stereocenters. The van der Waals surface area contributed by atoms with Crippen molar-refractivity contribution in [3.8, 4) is 0 Å². The van der Waals surface area contributed by atoms with E-state index in [9.17, 15) is 4.79 Å². The lowest BCUT2D eigenvalue weighted by molar-refractivity contribution is -0.132. The number of likely N-dealkylation sites (N-methyl/N-ethyl adjacent to an activating group) is 1. The van der Waals surface area contributed by atoms with Crippen LogP contribution >= 0.6 is 12.4 Å². The molecule has 0 radical (unpaired) electrons. The monoisotopic (exact) mass is 246 g/mol. The van der Waals surface area contributed by atoms with Crippen molar-refractivity contribution in [2.45, 2.75) is 44.6 Å². The van der Waals surface area contributed by atoms with Crippen molar-refractivity contribution in [1.82, 2.24) is 10.2 Å². The molecule has 2 aliphatic rings. The zero-order valence-electron chi connectivity index (χ0n) is 10.1. The van der Waals surface area contributed by atoms with E-state index in [0.717, 1.165) is 25.4 Å². The fourth-order valence-corrected chi connectivity index (χ4v) is 2.22. The minimum absolute atomic E-state index is 0. The van der Waals surface area contributed by atoms with Crippen LogP contribution in [-0.4, -0.2) is 37.0 Å². The van der Waals surface area contributed by atoms with Crippen LogP contribution in [-0.2, 0) is 4.79 Å². The summed E-state index contributed by atoms with van der Waals surface area (Å²) in [7, 11) is 1.95. The van der Waals surface area contributed by atoms with E-state index < -0.39 is 0 Å². The minimum atomic E-state index is 0. The molecule has 94 valence electrons. The van der Waals surface area contributed by atoms with E-state index in [1.807, 2.05) is 11.9 Å². The molecule has 1 aliphatic carbocycles. The van der Waals surface area contributed by atoms with Crippen molar-refractivity contribution in [1.29, 1.82) is 0 Å². The Morgan fingerprint density at radius 2 is 2.06 bits per heavy atom. The Labute approximate surface area is 104 Å². The first-order valence-electron chi connectivity index (χ1n) is 6.26. The second-order valence-corrected chi connectivity index (χ2v) is 4.99. The Bertz CT molecular complexity index is 225. The van der Waals surface area contributed by atoms with Crippen LogP contribution in [0.5, 0.6) is 0 Å². The molecule has 1 aliphatic heterocycles. The van der Waals surface area contributed by atoms with Crippen molar-refractivity contribution in [2.75, 3.05) is 20.1 Å². The standard InChI is InChI=1S/C12H22N2O.ClH/c1-14(9-7-10-5-6-10)12(15)11-4-2-3-8-13-11;/h10-11,13H,2-9H2,1H3;1H/t11-;/m0./s1. The van der Waals surface area contributed by atoms with E-state index in [0.29, 0.717) is 5.91 Å². The quantitative estimate of drug-likeness (QED) is 0.821. The molecule has 4 heteroatoms. The van der Waals surface area contributed by atoms with Gasteiger partial charge in [0.1, 0.15) is 0 Å². The number of hydrogen-bond donors (Lipinski definition) is 1. The Balaban J connectivity index is 0.00000128. The van der Waals surface area contributed by atoms with E-state index >= 15 is 0 Å². The highest BCUT2D eigenvalue weighted by atomic mass is 35.5. The summed E-state index contributed by atoms with van der Waals surface area (Å²) < 4.78 is 0. The van der Waals surface area contributed by atoms with Gasteiger partial charge in [0.25, 0.3) is 0 Å². The smallest absolute Gasteiger partial charge is 0.239 e. The average molecular weight is 247 g/mol. The summed E-state index contributed by atoms with van der Waals surface area (Å²) >= 11 is 0. The van der Waals surface area contributed by atoms with Crippen LogP contribution in [0.2, 0.25) is 0 Å². The molecule has 0 aromatic rings. The van der Waals surface area contributed by atoms with E-state index in [1.54, 1.807) is 0 Å². The molecule has 0 bridgehead atoms. The fourth-order valence-electron chi connectivity index (χ4n) is 2.22. The van der Waals surface area contributed by atoms with Gasteiger partial charge in [0, 0.05) is 13.6 Å². The second-order valence-electron chi connectivity index (χ2n) is 4.99. The summed E-state index contributed by atoms with van der Waals surface area (Å²) in [5.74, 6) is 1.22. The van der Waals surface area contributed by atoms with Crippen molar-refractivity contribution >= 4 is 18.3 Å². The summed E-state index contributed by atoms with van der Waals surface area (Å²) in [5.41, 5.74) is 0. The SMILES string of the molecule is CN(CCC1CC1)C(=O)[C@@H]1CCCCN1.Cl.